The highest BCUT2D eigenvalue weighted by Crippen LogP contribution is 2.26. The lowest BCUT2D eigenvalue weighted by Gasteiger charge is -2.37. The van der Waals surface area contributed by atoms with Gasteiger partial charge in [0, 0.05) is 38.3 Å². The van der Waals surface area contributed by atoms with Gasteiger partial charge in [-0.05, 0) is 42.7 Å². The van der Waals surface area contributed by atoms with E-state index < -0.39 is 0 Å². The molecule has 0 radical (unpaired) electrons. The van der Waals surface area contributed by atoms with E-state index in [1.165, 1.54) is 0 Å². The van der Waals surface area contributed by atoms with Gasteiger partial charge in [0.25, 0.3) is 0 Å². The molecule has 3 amide bonds. The quantitative estimate of drug-likeness (QED) is 0.775. The normalized spacial score (nSPS) is 18.2. The fourth-order valence-corrected chi connectivity index (χ4v) is 4.24. The average Bonchev–Trinajstić information content (AvgIpc) is 2.88. The summed E-state index contributed by atoms with van der Waals surface area (Å²) in [6.45, 7) is 3.61. The number of pyridine rings is 1. The summed E-state index contributed by atoms with van der Waals surface area (Å²) in [6.07, 6.45) is 3.02. The summed E-state index contributed by atoms with van der Waals surface area (Å²) in [6, 6.07) is 13.0. The Morgan fingerprint density at radius 2 is 1.81 bits per heavy atom. The van der Waals surface area contributed by atoms with Crippen LogP contribution in [0, 0.1) is 5.92 Å². The van der Waals surface area contributed by atoms with Gasteiger partial charge in [0.2, 0.25) is 5.91 Å². The van der Waals surface area contributed by atoms with Gasteiger partial charge >= 0.3 is 6.03 Å². The molecule has 2 saturated heterocycles. The molecule has 2 aromatic rings. The van der Waals surface area contributed by atoms with E-state index in [2.05, 4.69) is 10.3 Å². The molecule has 2 fully saturated rings. The number of morpholine rings is 1. The number of piperidine rings is 1. The van der Waals surface area contributed by atoms with E-state index in [1.54, 1.807) is 13.3 Å². The zero-order valence-electron chi connectivity index (χ0n) is 18.4. The molecule has 1 aromatic carbocycles. The van der Waals surface area contributed by atoms with E-state index >= 15 is 0 Å². The van der Waals surface area contributed by atoms with Crippen molar-refractivity contribution in [2.45, 2.75) is 18.9 Å². The molecular weight excluding hydrogens is 408 g/mol. The van der Waals surface area contributed by atoms with E-state index in [4.69, 9.17) is 9.47 Å². The van der Waals surface area contributed by atoms with Gasteiger partial charge in [-0.2, -0.15) is 0 Å². The molecular formula is C24H30N4O4. The highest BCUT2D eigenvalue weighted by atomic mass is 16.5. The number of likely N-dealkylation sites (tertiary alicyclic amines) is 1. The molecule has 1 N–H and O–H groups in total. The van der Waals surface area contributed by atoms with Crippen molar-refractivity contribution < 1.29 is 19.1 Å². The first-order valence-electron chi connectivity index (χ1n) is 11.1. The van der Waals surface area contributed by atoms with Crippen LogP contribution in [0.1, 0.15) is 30.1 Å². The summed E-state index contributed by atoms with van der Waals surface area (Å²) in [5, 5.41) is 3.19. The van der Waals surface area contributed by atoms with E-state index in [1.807, 2.05) is 52.3 Å². The highest BCUT2D eigenvalue weighted by Gasteiger charge is 2.31. The second-order valence-corrected chi connectivity index (χ2v) is 8.12. The van der Waals surface area contributed by atoms with Gasteiger partial charge in [0.15, 0.2) is 0 Å². The number of hydrogen-bond acceptors (Lipinski definition) is 5. The van der Waals surface area contributed by atoms with Gasteiger partial charge < -0.3 is 24.6 Å². The summed E-state index contributed by atoms with van der Waals surface area (Å²) in [4.78, 5) is 34.1. The number of benzene rings is 1. The summed E-state index contributed by atoms with van der Waals surface area (Å²) in [5.41, 5.74) is 1.69. The minimum atomic E-state index is -0.369. The lowest BCUT2D eigenvalue weighted by molar-refractivity contribution is -0.126. The largest absolute Gasteiger partial charge is 0.497 e. The molecule has 170 valence electrons. The molecule has 8 heteroatoms. The van der Waals surface area contributed by atoms with Crippen molar-refractivity contribution >= 4 is 11.9 Å². The lowest BCUT2D eigenvalue weighted by Crippen LogP contribution is -2.51. The molecule has 32 heavy (non-hydrogen) atoms. The highest BCUT2D eigenvalue weighted by molar-refractivity contribution is 5.80. The van der Waals surface area contributed by atoms with Gasteiger partial charge in [-0.1, -0.05) is 18.2 Å². The standard InChI is InChI=1S/C24H30N4O4/c1-31-20-6-4-5-19(17-20)22(21-7-2-3-10-25-21)26-23(29)18-8-11-27(12-9-18)24(30)28-13-15-32-16-14-28/h2-7,10,17-18,22H,8-9,11-16H2,1H3,(H,26,29). The van der Waals surface area contributed by atoms with E-state index in [9.17, 15) is 9.59 Å². The first-order valence-corrected chi connectivity index (χ1v) is 11.1. The number of nitrogens with one attached hydrogen (secondary N) is 1. The van der Waals surface area contributed by atoms with Gasteiger partial charge in [-0.25, -0.2) is 4.79 Å². The van der Waals surface area contributed by atoms with Crippen LogP contribution in [0.4, 0.5) is 4.79 Å². The van der Waals surface area contributed by atoms with Gasteiger partial charge in [-0.3, -0.25) is 9.78 Å². The number of ether oxygens (including phenoxy) is 2. The second kappa shape index (κ2) is 10.5. The minimum Gasteiger partial charge on any atom is -0.497 e. The number of methoxy groups -OCH3 is 1. The molecule has 0 spiro atoms. The smallest absolute Gasteiger partial charge is 0.320 e. The van der Waals surface area contributed by atoms with Gasteiger partial charge in [0.1, 0.15) is 5.75 Å². The summed E-state index contributed by atoms with van der Waals surface area (Å²) in [7, 11) is 1.62. The summed E-state index contributed by atoms with van der Waals surface area (Å²) < 4.78 is 10.7. The number of hydrogen-bond donors (Lipinski definition) is 1. The predicted octanol–water partition coefficient (Wildman–Crippen LogP) is 2.46. The zero-order chi connectivity index (χ0) is 22.3. The Hall–Kier alpha value is -3.13. The Morgan fingerprint density at radius 3 is 2.50 bits per heavy atom. The third-order valence-corrected chi connectivity index (χ3v) is 6.12. The summed E-state index contributed by atoms with van der Waals surface area (Å²) in [5.74, 6) is 0.579. The Kier molecular flexibility index (Phi) is 7.21. The first-order chi connectivity index (χ1) is 15.7. The Balaban J connectivity index is 1.41. The average molecular weight is 439 g/mol. The van der Waals surface area contributed by atoms with Crippen molar-refractivity contribution in [3.63, 3.8) is 0 Å². The molecule has 1 atom stereocenters. The third-order valence-electron chi connectivity index (χ3n) is 6.12. The van der Waals surface area contributed by atoms with Crippen LogP contribution in [-0.2, 0) is 9.53 Å². The molecule has 1 aromatic heterocycles. The van der Waals surface area contributed by atoms with Crippen molar-refractivity contribution in [3.8, 4) is 5.75 Å². The number of carbonyl (C=O) groups excluding carboxylic acids is 2. The Bertz CT molecular complexity index is 909. The number of carbonyl (C=O) groups is 2. The Labute approximate surface area is 188 Å². The van der Waals surface area contributed by atoms with Crippen LogP contribution >= 0.6 is 0 Å². The minimum absolute atomic E-state index is 0.0121. The van der Waals surface area contributed by atoms with Crippen LogP contribution in [0.25, 0.3) is 0 Å². The number of rotatable bonds is 5. The van der Waals surface area contributed by atoms with Crippen LogP contribution < -0.4 is 10.1 Å². The third kappa shape index (κ3) is 5.19. The molecule has 2 aliphatic heterocycles. The van der Waals surface area contributed by atoms with Crippen LogP contribution in [0.2, 0.25) is 0 Å². The van der Waals surface area contributed by atoms with Crippen LogP contribution in [-0.4, -0.2) is 73.2 Å². The number of urea groups is 1. The second-order valence-electron chi connectivity index (χ2n) is 8.12. The van der Waals surface area contributed by atoms with Crippen molar-refractivity contribution in [1.82, 2.24) is 20.1 Å². The van der Waals surface area contributed by atoms with Crippen molar-refractivity contribution in [2.24, 2.45) is 5.92 Å². The molecule has 1 unspecified atom stereocenters. The maximum Gasteiger partial charge on any atom is 0.320 e. The number of amides is 3. The predicted molar refractivity (Wildman–Crippen MR) is 119 cm³/mol. The number of nitrogens with zero attached hydrogens (tertiary/aromatic N) is 3. The number of aromatic nitrogens is 1. The molecule has 0 aliphatic carbocycles. The van der Waals surface area contributed by atoms with Crippen LogP contribution in [0.5, 0.6) is 5.75 Å². The topological polar surface area (TPSA) is 84.0 Å². The molecule has 3 heterocycles. The fourth-order valence-electron chi connectivity index (χ4n) is 4.24. The maximum atomic E-state index is 13.2. The molecule has 0 bridgehead atoms. The monoisotopic (exact) mass is 438 g/mol. The van der Waals surface area contributed by atoms with Crippen LogP contribution in [0.15, 0.2) is 48.7 Å². The van der Waals surface area contributed by atoms with Crippen LogP contribution in [0.3, 0.4) is 0 Å². The Morgan fingerprint density at radius 1 is 1.06 bits per heavy atom. The van der Waals surface area contributed by atoms with E-state index in [-0.39, 0.29) is 23.9 Å². The van der Waals surface area contributed by atoms with Crippen molar-refractivity contribution in [3.05, 3.63) is 59.9 Å². The van der Waals surface area contributed by atoms with Crippen molar-refractivity contribution in [2.75, 3.05) is 46.5 Å². The molecule has 0 saturated carbocycles. The molecule has 8 nitrogen and oxygen atoms in total. The molecule has 2 aliphatic rings. The van der Waals surface area contributed by atoms with Crippen molar-refractivity contribution in [1.29, 1.82) is 0 Å². The van der Waals surface area contributed by atoms with Gasteiger partial charge in [-0.15, -0.1) is 0 Å². The summed E-state index contributed by atoms with van der Waals surface area (Å²) >= 11 is 0. The first kappa shape index (κ1) is 22.1. The lowest BCUT2D eigenvalue weighted by atomic mass is 9.94. The van der Waals surface area contributed by atoms with Gasteiger partial charge in [0.05, 0.1) is 32.1 Å². The maximum absolute atomic E-state index is 13.2. The SMILES string of the molecule is COc1cccc(C(NC(=O)C2CCN(C(=O)N3CCOCC3)CC2)c2ccccn2)c1. The van der Waals surface area contributed by atoms with E-state index in [0.717, 1.165) is 17.0 Å². The fraction of sp³-hybridized carbons (Fsp3) is 0.458. The van der Waals surface area contributed by atoms with E-state index in [0.29, 0.717) is 52.2 Å². The molecule has 4 rings (SSSR count). The zero-order valence-corrected chi connectivity index (χ0v) is 18.4.